The van der Waals surface area contributed by atoms with Crippen LogP contribution in [0.3, 0.4) is 0 Å². The fourth-order valence-electron chi connectivity index (χ4n) is 1.60. The summed E-state index contributed by atoms with van der Waals surface area (Å²) in [6.45, 7) is 1.95. The van der Waals surface area contributed by atoms with Gasteiger partial charge >= 0.3 is 0 Å². The summed E-state index contributed by atoms with van der Waals surface area (Å²) in [7, 11) is 3.24. The monoisotopic (exact) mass is 264 g/mol. The fourth-order valence-corrected chi connectivity index (χ4v) is 2.46. The molecule has 2 N–H and O–H groups in total. The van der Waals surface area contributed by atoms with E-state index in [0.29, 0.717) is 11.5 Å². The molecule has 0 saturated carbocycles. The number of benzene rings is 1. The van der Waals surface area contributed by atoms with Crippen LogP contribution >= 0.6 is 11.3 Å². The number of rotatable bonds is 4. The van der Waals surface area contributed by atoms with E-state index >= 15 is 0 Å². The lowest BCUT2D eigenvalue weighted by Crippen LogP contribution is -2.01. The van der Waals surface area contributed by atoms with Gasteiger partial charge in [-0.15, -0.1) is 11.3 Å². The zero-order chi connectivity index (χ0) is 13.1. The lowest BCUT2D eigenvalue weighted by atomic mass is 10.2. The first-order valence-corrected chi connectivity index (χ1v) is 6.41. The molecular formula is C13H16N2O2S. The molecule has 1 unspecified atom stereocenters. The predicted molar refractivity (Wildman–Crippen MR) is 73.3 cm³/mol. The van der Waals surface area contributed by atoms with E-state index in [9.17, 15) is 0 Å². The van der Waals surface area contributed by atoms with Crippen molar-refractivity contribution in [1.82, 2.24) is 4.98 Å². The minimum Gasteiger partial charge on any atom is -0.493 e. The number of nitrogens with zero attached hydrogens (tertiary/aromatic N) is 1. The molecule has 1 heterocycles. The van der Waals surface area contributed by atoms with Crippen LogP contribution < -0.4 is 15.2 Å². The molecule has 5 heteroatoms. The van der Waals surface area contributed by atoms with Gasteiger partial charge in [0, 0.05) is 22.7 Å². The van der Waals surface area contributed by atoms with Gasteiger partial charge in [0.05, 0.1) is 14.2 Å². The van der Waals surface area contributed by atoms with E-state index in [4.69, 9.17) is 15.2 Å². The Kier molecular flexibility index (Phi) is 3.84. The van der Waals surface area contributed by atoms with E-state index in [1.165, 1.54) is 0 Å². The van der Waals surface area contributed by atoms with Crippen LogP contribution in [0.2, 0.25) is 0 Å². The fraction of sp³-hybridized carbons (Fsp3) is 0.308. The van der Waals surface area contributed by atoms with Crippen molar-refractivity contribution in [2.24, 2.45) is 5.73 Å². The van der Waals surface area contributed by atoms with Gasteiger partial charge in [0.1, 0.15) is 5.01 Å². The minimum atomic E-state index is 0.0105. The highest BCUT2D eigenvalue weighted by atomic mass is 32.1. The second kappa shape index (κ2) is 5.37. The Hall–Kier alpha value is -1.59. The second-order valence-corrected chi connectivity index (χ2v) is 4.99. The Morgan fingerprint density at radius 1 is 1.22 bits per heavy atom. The first-order valence-electron chi connectivity index (χ1n) is 5.59. The van der Waals surface area contributed by atoms with E-state index in [0.717, 1.165) is 15.4 Å². The molecule has 0 aliphatic carbocycles. The molecule has 0 spiro atoms. The smallest absolute Gasteiger partial charge is 0.161 e. The lowest BCUT2D eigenvalue weighted by molar-refractivity contribution is 0.355. The summed E-state index contributed by atoms with van der Waals surface area (Å²) in [5.74, 6) is 1.41. The highest BCUT2D eigenvalue weighted by Crippen LogP contribution is 2.34. The Bertz CT molecular complexity index is 538. The zero-order valence-corrected chi connectivity index (χ0v) is 11.5. The van der Waals surface area contributed by atoms with Crippen molar-refractivity contribution in [1.29, 1.82) is 0 Å². The van der Waals surface area contributed by atoms with E-state index < -0.39 is 0 Å². The molecule has 2 aromatic rings. The van der Waals surface area contributed by atoms with Gasteiger partial charge in [0.25, 0.3) is 0 Å². The van der Waals surface area contributed by atoms with Gasteiger partial charge in [-0.1, -0.05) is 0 Å². The molecule has 0 fully saturated rings. The number of thiazole rings is 1. The number of ether oxygens (including phenoxy) is 2. The average Bonchev–Trinajstić information content (AvgIpc) is 2.87. The summed E-state index contributed by atoms with van der Waals surface area (Å²) >= 11 is 1.59. The van der Waals surface area contributed by atoms with Crippen LogP contribution in [0.5, 0.6) is 11.5 Å². The number of methoxy groups -OCH3 is 2. The Morgan fingerprint density at radius 2 is 1.94 bits per heavy atom. The first-order chi connectivity index (χ1) is 8.65. The van der Waals surface area contributed by atoms with Crippen LogP contribution in [0.15, 0.2) is 24.4 Å². The molecule has 0 aliphatic heterocycles. The molecule has 0 radical (unpaired) electrons. The van der Waals surface area contributed by atoms with Crippen LogP contribution in [0.4, 0.5) is 0 Å². The number of nitrogens with two attached hydrogens (primary N) is 1. The topological polar surface area (TPSA) is 57.4 Å². The van der Waals surface area contributed by atoms with Gasteiger partial charge in [-0.3, -0.25) is 0 Å². The van der Waals surface area contributed by atoms with E-state index in [1.54, 1.807) is 25.6 Å². The first kappa shape index (κ1) is 12.9. The maximum atomic E-state index is 5.83. The summed E-state index contributed by atoms with van der Waals surface area (Å²) in [5, 5.41) is 0.934. The molecule has 1 atom stereocenters. The third-order valence-corrected chi connectivity index (χ3v) is 3.85. The molecule has 0 aliphatic rings. The maximum absolute atomic E-state index is 5.83. The van der Waals surface area contributed by atoms with Crippen LogP contribution in [0.1, 0.15) is 17.8 Å². The molecule has 1 aromatic heterocycles. The summed E-state index contributed by atoms with van der Waals surface area (Å²) < 4.78 is 10.5. The third-order valence-electron chi connectivity index (χ3n) is 2.60. The lowest BCUT2D eigenvalue weighted by Gasteiger charge is -2.08. The normalized spacial score (nSPS) is 12.2. The maximum Gasteiger partial charge on any atom is 0.161 e. The van der Waals surface area contributed by atoms with Crippen molar-refractivity contribution in [2.75, 3.05) is 14.2 Å². The summed E-state index contributed by atoms with van der Waals surface area (Å²) in [5.41, 5.74) is 6.84. The van der Waals surface area contributed by atoms with Crippen LogP contribution in [-0.4, -0.2) is 19.2 Å². The Balaban J connectivity index is 2.38. The largest absolute Gasteiger partial charge is 0.493 e. The SMILES string of the molecule is COc1ccc(-c2ncc(C(C)N)s2)cc1OC. The van der Waals surface area contributed by atoms with Crippen molar-refractivity contribution in [3.05, 3.63) is 29.3 Å². The number of aromatic nitrogens is 1. The van der Waals surface area contributed by atoms with Gasteiger partial charge in [-0.2, -0.15) is 0 Å². The molecule has 0 saturated heterocycles. The Labute approximate surface area is 110 Å². The molecule has 0 bridgehead atoms. The van der Waals surface area contributed by atoms with Gasteiger partial charge < -0.3 is 15.2 Å². The van der Waals surface area contributed by atoms with E-state index in [1.807, 2.05) is 31.3 Å². The second-order valence-electron chi connectivity index (χ2n) is 3.93. The van der Waals surface area contributed by atoms with Gasteiger partial charge in [-0.25, -0.2) is 4.98 Å². The number of hydrogen-bond acceptors (Lipinski definition) is 5. The average molecular weight is 264 g/mol. The van der Waals surface area contributed by atoms with E-state index in [-0.39, 0.29) is 6.04 Å². The van der Waals surface area contributed by atoms with Crippen LogP contribution in [0, 0.1) is 0 Å². The van der Waals surface area contributed by atoms with Crippen molar-refractivity contribution >= 4 is 11.3 Å². The van der Waals surface area contributed by atoms with Crippen LogP contribution in [-0.2, 0) is 0 Å². The van der Waals surface area contributed by atoms with Gasteiger partial charge in [-0.05, 0) is 25.1 Å². The molecule has 96 valence electrons. The van der Waals surface area contributed by atoms with Gasteiger partial charge in [0.2, 0.25) is 0 Å². The quantitative estimate of drug-likeness (QED) is 0.922. The van der Waals surface area contributed by atoms with E-state index in [2.05, 4.69) is 4.98 Å². The van der Waals surface area contributed by atoms with Gasteiger partial charge in [0.15, 0.2) is 11.5 Å². The molecule has 0 amide bonds. The molecule has 18 heavy (non-hydrogen) atoms. The molecule has 1 aromatic carbocycles. The third kappa shape index (κ3) is 2.47. The summed E-state index contributed by atoms with van der Waals surface area (Å²) in [6.07, 6.45) is 1.82. The standard InChI is InChI=1S/C13H16N2O2S/c1-8(14)12-7-15-13(18-12)9-4-5-10(16-2)11(6-9)17-3/h4-8H,14H2,1-3H3. The minimum absolute atomic E-state index is 0.0105. The zero-order valence-electron chi connectivity index (χ0n) is 10.6. The molecular weight excluding hydrogens is 248 g/mol. The van der Waals surface area contributed by atoms with Crippen molar-refractivity contribution in [2.45, 2.75) is 13.0 Å². The van der Waals surface area contributed by atoms with Crippen molar-refractivity contribution < 1.29 is 9.47 Å². The predicted octanol–water partition coefficient (Wildman–Crippen LogP) is 2.85. The highest BCUT2D eigenvalue weighted by Gasteiger charge is 2.10. The highest BCUT2D eigenvalue weighted by molar-refractivity contribution is 7.15. The van der Waals surface area contributed by atoms with Crippen molar-refractivity contribution in [3.8, 4) is 22.1 Å². The van der Waals surface area contributed by atoms with Crippen molar-refractivity contribution in [3.63, 3.8) is 0 Å². The Morgan fingerprint density at radius 3 is 2.50 bits per heavy atom. The summed E-state index contributed by atoms with van der Waals surface area (Å²) in [6, 6.07) is 5.77. The molecule has 4 nitrogen and oxygen atoms in total. The number of hydrogen-bond donors (Lipinski definition) is 1. The summed E-state index contributed by atoms with van der Waals surface area (Å²) in [4.78, 5) is 5.45. The molecule has 2 rings (SSSR count). The van der Waals surface area contributed by atoms with Crippen LogP contribution in [0.25, 0.3) is 10.6 Å².